The van der Waals surface area contributed by atoms with Crippen molar-refractivity contribution in [2.24, 2.45) is 0 Å². The molecule has 0 aromatic rings. The molecule has 390 valence electrons. The topological polar surface area (TPSA) is 111 Å². The average Bonchev–Trinajstić information content (AvgIpc) is 3.27. The summed E-state index contributed by atoms with van der Waals surface area (Å²) < 4.78 is 30.6. The first kappa shape index (κ1) is 64.5. The molecule has 0 fully saturated rings. The van der Waals surface area contributed by atoms with E-state index >= 15 is 0 Å². The van der Waals surface area contributed by atoms with Crippen molar-refractivity contribution in [2.45, 2.75) is 283 Å². The molecule has 3 atom stereocenters. The number of likely N-dealkylation sites (N-methyl/N-ethyl adjacent to an activating group) is 1. The molecule has 0 saturated heterocycles. The van der Waals surface area contributed by atoms with Crippen LogP contribution in [-0.4, -0.2) is 74.3 Å². The van der Waals surface area contributed by atoms with Crippen LogP contribution in [-0.2, 0) is 27.9 Å². The fourth-order valence-electron chi connectivity index (χ4n) is 8.23. The Hall–Kier alpha value is -1.51. The predicted molar refractivity (Wildman–Crippen MR) is 282 cm³/mol. The number of hydrogen-bond donors (Lipinski definition) is 2. The summed E-state index contributed by atoms with van der Waals surface area (Å²) in [6.45, 7) is 7.01. The van der Waals surface area contributed by atoms with Crippen LogP contribution in [0.3, 0.4) is 0 Å². The number of ether oxygens (including phenoxy) is 1. The minimum absolute atomic E-state index is 0.0425. The maximum Gasteiger partial charge on any atom is 0.472 e. The summed E-state index contributed by atoms with van der Waals surface area (Å²) in [6, 6.07) is -0.843. The van der Waals surface area contributed by atoms with Gasteiger partial charge in [0.15, 0.2) is 0 Å². The summed E-state index contributed by atoms with van der Waals surface area (Å²) in [6.07, 6.45) is 53.0. The van der Waals surface area contributed by atoms with Crippen molar-refractivity contribution in [3.05, 3.63) is 24.3 Å². The number of rotatable bonds is 51. The van der Waals surface area contributed by atoms with Crippen molar-refractivity contribution in [1.82, 2.24) is 5.32 Å². The van der Waals surface area contributed by atoms with Crippen LogP contribution >= 0.6 is 7.82 Å². The Balaban J connectivity index is 5.36. The van der Waals surface area contributed by atoms with E-state index in [4.69, 9.17) is 13.8 Å². The fourth-order valence-corrected chi connectivity index (χ4v) is 8.96. The zero-order chi connectivity index (χ0) is 48.7. The molecule has 0 spiro atoms. The Bertz CT molecular complexity index is 1190. The highest BCUT2D eigenvalue weighted by atomic mass is 31.2. The number of carbonyl (C=O) groups excluding carboxylic acids is 2. The number of unbranched alkanes of at least 4 members (excludes halogenated alkanes) is 33. The van der Waals surface area contributed by atoms with E-state index in [0.717, 1.165) is 64.2 Å². The Labute approximate surface area is 409 Å². The minimum Gasteiger partial charge on any atom is -0.456 e. The lowest BCUT2D eigenvalue weighted by Gasteiger charge is -2.27. The first-order valence-corrected chi connectivity index (χ1v) is 29.7. The monoisotopic (exact) mass is 954 g/mol. The molecule has 0 bridgehead atoms. The number of amides is 1. The van der Waals surface area contributed by atoms with Gasteiger partial charge in [0.25, 0.3) is 0 Å². The van der Waals surface area contributed by atoms with E-state index in [1.165, 1.54) is 173 Å². The molecule has 10 heteroatoms. The molecule has 3 unspecified atom stereocenters. The highest BCUT2D eigenvalue weighted by molar-refractivity contribution is 7.47. The second-order valence-corrected chi connectivity index (χ2v) is 21.9. The Morgan fingerprint density at radius 3 is 1.30 bits per heavy atom. The van der Waals surface area contributed by atoms with Crippen molar-refractivity contribution in [3.8, 4) is 0 Å². The van der Waals surface area contributed by atoms with E-state index in [2.05, 4.69) is 38.2 Å². The number of phosphoric acid groups is 1. The van der Waals surface area contributed by atoms with Crippen molar-refractivity contribution >= 4 is 19.7 Å². The first-order valence-electron chi connectivity index (χ1n) is 28.2. The molecule has 0 aliphatic rings. The van der Waals surface area contributed by atoms with Crippen LogP contribution < -0.4 is 5.32 Å². The van der Waals surface area contributed by atoms with Crippen LogP contribution in [0.4, 0.5) is 0 Å². The molecule has 0 aliphatic heterocycles. The first-order chi connectivity index (χ1) is 31.9. The molecular weight excluding hydrogens is 844 g/mol. The largest absolute Gasteiger partial charge is 0.472 e. The van der Waals surface area contributed by atoms with Gasteiger partial charge in [-0.2, -0.15) is 0 Å². The Morgan fingerprint density at radius 2 is 0.879 bits per heavy atom. The third kappa shape index (κ3) is 47.6. The molecule has 0 aromatic carbocycles. The van der Waals surface area contributed by atoms with E-state index < -0.39 is 20.0 Å². The Kier molecular flexibility index (Phi) is 46.1. The maximum atomic E-state index is 13.5. The summed E-state index contributed by atoms with van der Waals surface area (Å²) in [7, 11) is 1.50. The summed E-state index contributed by atoms with van der Waals surface area (Å²) in [5.74, 6) is -0.500. The van der Waals surface area contributed by atoms with Crippen LogP contribution in [0.15, 0.2) is 24.3 Å². The third-order valence-corrected chi connectivity index (χ3v) is 13.6. The van der Waals surface area contributed by atoms with Gasteiger partial charge in [-0.15, -0.1) is 0 Å². The molecule has 0 heterocycles. The van der Waals surface area contributed by atoms with E-state index in [-0.39, 0.29) is 25.1 Å². The maximum absolute atomic E-state index is 13.5. The zero-order valence-electron chi connectivity index (χ0n) is 44.5. The van der Waals surface area contributed by atoms with Gasteiger partial charge in [-0.05, 0) is 57.4 Å². The van der Waals surface area contributed by atoms with Crippen molar-refractivity contribution < 1.29 is 37.3 Å². The molecule has 66 heavy (non-hydrogen) atoms. The summed E-state index contributed by atoms with van der Waals surface area (Å²) >= 11 is 0. The van der Waals surface area contributed by atoms with Gasteiger partial charge in [0.05, 0.1) is 33.8 Å². The minimum atomic E-state index is -4.44. The van der Waals surface area contributed by atoms with Gasteiger partial charge >= 0.3 is 13.8 Å². The average molecular weight is 954 g/mol. The van der Waals surface area contributed by atoms with Gasteiger partial charge in [0.2, 0.25) is 5.91 Å². The predicted octanol–water partition coefficient (Wildman–Crippen LogP) is 16.6. The number of esters is 1. The number of nitrogens with zero attached hydrogens (tertiary/aromatic N) is 1. The number of quaternary nitrogens is 1. The lowest BCUT2D eigenvalue weighted by molar-refractivity contribution is -0.870. The van der Waals surface area contributed by atoms with Gasteiger partial charge in [0.1, 0.15) is 19.3 Å². The number of nitrogens with one attached hydrogen (secondary N) is 1. The molecule has 0 aliphatic carbocycles. The lowest BCUT2D eigenvalue weighted by atomic mass is 10.0. The van der Waals surface area contributed by atoms with Gasteiger partial charge in [-0.25, -0.2) is 4.57 Å². The number of phosphoric ester groups is 1. The fraction of sp³-hybridized carbons (Fsp3) is 0.893. The summed E-state index contributed by atoms with van der Waals surface area (Å²) in [5.41, 5.74) is 0. The van der Waals surface area contributed by atoms with E-state index in [1.807, 2.05) is 33.3 Å². The highest BCUT2D eigenvalue weighted by Gasteiger charge is 2.30. The summed E-state index contributed by atoms with van der Waals surface area (Å²) in [4.78, 5) is 37.5. The van der Waals surface area contributed by atoms with Gasteiger partial charge in [-0.3, -0.25) is 18.6 Å². The number of carbonyl (C=O) groups is 2. The van der Waals surface area contributed by atoms with Gasteiger partial charge in [-0.1, -0.05) is 225 Å². The van der Waals surface area contributed by atoms with Crippen LogP contribution in [0.25, 0.3) is 0 Å². The van der Waals surface area contributed by atoms with Crippen molar-refractivity contribution in [2.75, 3.05) is 40.9 Å². The number of allylic oxidation sites excluding steroid dienone is 3. The second-order valence-electron chi connectivity index (χ2n) is 20.5. The third-order valence-electron chi connectivity index (χ3n) is 12.6. The Morgan fingerprint density at radius 1 is 0.515 bits per heavy atom. The van der Waals surface area contributed by atoms with Gasteiger partial charge < -0.3 is 19.4 Å². The molecule has 0 aromatic heterocycles. The van der Waals surface area contributed by atoms with E-state index in [1.54, 1.807) is 0 Å². The summed E-state index contributed by atoms with van der Waals surface area (Å²) in [5, 5.41) is 3.05. The van der Waals surface area contributed by atoms with Gasteiger partial charge in [0, 0.05) is 12.8 Å². The van der Waals surface area contributed by atoms with Crippen molar-refractivity contribution in [1.29, 1.82) is 0 Å². The second kappa shape index (κ2) is 47.2. The molecule has 2 N–H and O–H groups in total. The molecule has 0 rings (SSSR count). The zero-order valence-corrected chi connectivity index (χ0v) is 45.3. The van der Waals surface area contributed by atoms with Crippen LogP contribution in [0.5, 0.6) is 0 Å². The molecule has 0 saturated carbocycles. The van der Waals surface area contributed by atoms with Crippen molar-refractivity contribution in [3.63, 3.8) is 0 Å². The van der Waals surface area contributed by atoms with Crippen LogP contribution in [0.1, 0.15) is 271 Å². The highest BCUT2D eigenvalue weighted by Crippen LogP contribution is 2.43. The van der Waals surface area contributed by atoms with Crippen LogP contribution in [0, 0.1) is 0 Å². The molecule has 1 amide bonds. The van der Waals surface area contributed by atoms with E-state index in [9.17, 15) is 19.0 Å². The molecule has 0 radical (unpaired) electrons. The van der Waals surface area contributed by atoms with Crippen LogP contribution in [0.2, 0.25) is 0 Å². The standard InChI is InChI=1S/C56H109N2O7P/c1-7-10-13-16-19-22-25-28-29-31-33-36-39-42-45-48-55(59)57-53(52-64-66(61,62)63-51-50-58(4,5)6)54(47-44-41-38-35-32-27-24-21-18-15-12-9-3)65-56(60)49-46-43-40-37-34-30-26-23-20-17-14-11-8-2/h22,25,44,47,53-54H,7-21,23-24,26-43,45-46,48-52H2,1-6H3,(H-,57,59,61,62)/p+1/b25-22-,47-44+. The SMILES string of the molecule is CCCCCC/C=C\CCCCCCCCCC(=O)NC(COP(=O)(O)OCC[N+](C)(C)C)C(/C=C/CCCCCCCCCCCC)OC(=O)CCCCCCCCCCCCCCC. The molecular formula is C56H110N2O7P+. The smallest absolute Gasteiger partial charge is 0.456 e. The quantitative estimate of drug-likeness (QED) is 0.0205. The molecule has 9 nitrogen and oxygen atoms in total. The normalized spacial score (nSPS) is 14.0. The van der Waals surface area contributed by atoms with E-state index in [0.29, 0.717) is 23.9 Å². The number of hydrogen-bond acceptors (Lipinski definition) is 6. The lowest BCUT2D eigenvalue weighted by Crippen LogP contribution is -2.47.